The van der Waals surface area contributed by atoms with Crippen LogP contribution < -0.4 is 10.1 Å². The van der Waals surface area contributed by atoms with Gasteiger partial charge in [-0.05, 0) is 6.92 Å². The van der Waals surface area contributed by atoms with Crippen LogP contribution in [0.15, 0.2) is 12.4 Å². The van der Waals surface area contributed by atoms with E-state index in [1.165, 1.54) is 0 Å². The number of nitrogens with zero attached hydrogens (tertiary/aromatic N) is 1. The van der Waals surface area contributed by atoms with Gasteiger partial charge >= 0.3 is 0 Å². The largest absolute Gasteiger partial charge is 0.495 e. The van der Waals surface area contributed by atoms with Gasteiger partial charge in [-0.3, -0.25) is 9.78 Å². The molecule has 0 aliphatic heterocycles. The van der Waals surface area contributed by atoms with Crippen molar-refractivity contribution in [2.75, 3.05) is 12.4 Å². The van der Waals surface area contributed by atoms with E-state index in [4.69, 9.17) is 4.74 Å². The van der Waals surface area contributed by atoms with Crippen LogP contribution in [-0.2, 0) is 4.79 Å². The zero-order valence-electron chi connectivity index (χ0n) is 12.4. The van der Waals surface area contributed by atoms with Gasteiger partial charge in [0, 0.05) is 11.0 Å². The zero-order chi connectivity index (χ0) is 14.3. The van der Waals surface area contributed by atoms with E-state index < -0.39 is 5.41 Å². The predicted octanol–water partition coefficient (Wildman–Crippen LogP) is 3.41. The summed E-state index contributed by atoms with van der Waals surface area (Å²) in [4.78, 5) is 15.8. The summed E-state index contributed by atoms with van der Waals surface area (Å²) in [5, 5.41) is 2.84. The molecule has 4 nitrogen and oxygen atoms in total. The van der Waals surface area contributed by atoms with Gasteiger partial charge in [-0.1, -0.05) is 34.6 Å². The highest BCUT2D eigenvalue weighted by atomic mass is 16.5. The number of hydrogen-bond donors (Lipinski definition) is 1. The Balaban J connectivity index is 0.00000137. The molecule has 0 radical (unpaired) electrons. The van der Waals surface area contributed by atoms with Gasteiger partial charge in [0.1, 0.15) is 5.75 Å². The van der Waals surface area contributed by atoms with E-state index in [0.717, 1.165) is 5.56 Å². The van der Waals surface area contributed by atoms with E-state index in [0.29, 0.717) is 11.4 Å². The summed E-state index contributed by atoms with van der Waals surface area (Å²) in [6.45, 7) is 11.5. The minimum Gasteiger partial charge on any atom is -0.495 e. The average Bonchev–Trinajstić information content (AvgIpc) is 2.33. The van der Waals surface area contributed by atoms with Crippen LogP contribution in [0.5, 0.6) is 5.75 Å². The molecular weight excluding hydrogens is 228 g/mol. The Labute approximate surface area is 110 Å². The number of ether oxygens (including phenoxy) is 1. The Morgan fingerprint density at radius 1 is 1.28 bits per heavy atom. The number of nitrogens with one attached hydrogen (secondary N) is 1. The number of methoxy groups -OCH3 is 1. The quantitative estimate of drug-likeness (QED) is 0.877. The van der Waals surface area contributed by atoms with Crippen molar-refractivity contribution in [1.29, 1.82) is 0 Å². The summed E-state index contributed by atoms with van der Waals surface area (Å²) in [7, 11) is 1.58. The fourth-order valence-electron chi connectivity index (χ4n) is 1.15. The Kier molecular flexibility index (Phi) is 6.37. The Morgan fingerprint density at radius 2 is 1.83 bits per heavy atom. The van der Waals surface area contributed by atoms with Gasteiger partial charge in [0.15, 0.2) is 0 Å². The van der Waals surface area contributed by atoms with Crippen LogP contribution in [-0.4, -0.2) is 18.0 Å². The molecule has 0 atom stereocenters. The first-order chi connectivity index (χ1) is 8.36. The van der Waals surface area contributed by atoms with Crippen LogP contribution in [0.2, 0.25) is 0 Å². The lowest BCUT2D eigenvalue weighted by atomic mass is 9.95. The topological polar surface area (TPSA) is 51.2 Å². The Bertz CT molecular complexity index is 395. The van der Waals surface area contributed by atoms with Gasteiger partial charge in [-0.2, -0.15) is 0 Å². The minimum atomic E-state index is -0.421. The molecule has 102 valence electrons. The van der Waals surface area contributed by atoms with Crippen LogP contribution in [0.3, 0.4) is 0 Å². The monoisotopic (exact) mass is 252 g/mol. The third kappa shape index (κ3) is 4.35. The molecule has 0 aliphatic carbocycles. The molecule has 1 amide bonds. The van der Waals surface area contributed by atoms with Gasteiger partial charge in [0.05, 0.1) is 25.2 Å². The molecular formula is C14H24N2O2. The van der Waals surface area contributed by atoms with E-state index in [-0.39, 0.29) is 5.91 Å². The van der Waals surface area contributed by atoms with Crippen molar-refractivity contribution < 1.29 is 9.53 Å². The molecule has 0 aliphatic rings. The lowest BCUT2D eigenvalue weighted by molar-refractivity contribution is -0.123. The second kappa shape index (κ2) is 6.99. The normalized spacial score (nSPS) is 10.2. The van der Waals surface area contributed by atoms with E-state index in [1.807, 2.05) is 41.5 Å². The fraction of sp³-hybridized carbons (Fsp3) is 0.571. The number of carbonyl (C=O) groups excluding carboxylic acids is 1. The summed E-state index contributed by atoms with van der Waals surface area (Å²) in [6.07, 6.45) is 3.25. The van der Waals surface area contributed by atoms with Crippen molar-refractivity contribution in [3.05, 3.63) is 18.0 Å². The molecule has 0 fully saturated rings. The van der Waals surface area contributed by atoms with Gasteiger partial charge in [-0.25, -0.2) is 0 Å². The molecule has 1 heterocycles. The molecule has 0 saturated heterocycles. The molecule has 1 aromatic rings. The van der Waals surface area contributed by atoms with Crippen LogP contribution >= 0.6 is 0 Å². The first-order valence-corrected chi connectivity index (χ1v) is 6.16. The van der Waals surface area contributed by atoms with Gasteiger partial charge in [0.25, 0.3) is 0 Å². The molecule has 0 aromatic carbocycles. The lowest BCUT2D eigenvalue weighted by Crippen LogP contribution is -2.28. The number of amides is 1. The number of hydrogen-bond acceptors (Lipinski definition) is 3. The maximum atomic E-state index is 11.8. The van der Waals surface area contributed by atoms with Crippen molar-refractivity contribution in [2.24, 2.45) is 5.41 Å². The molecule has 4 heteroatoms. The summed E-state index contributed by atoms with van der Waals surface area (Å²) in [5.74, 6) is 0.636. The van der Waals surface area contributed by atoms with Crippen LogP contribution in [0, 0.1) is 12.3 Å². The number of aromatic nitrogens is 1. The van der Waals surface area contributed by atoms with Crippen molar-refractivity contribution in [3.63, 3.8) is 0 Å². The van der Waals surface area contributed by atoms with E-state index in [9.17, 15) is 4.79 Å². The van der Waals surface area contributed by atoms with Crippen molar-refractivity contribution >= 4 is 11.6 Å². The Morgan fingerprint density at radius 3 is 2.28 bits per heavy atom. The summed E-state index contributed by atoms with van der Waals surface area (Å²) in [5.41, 5.74) is 1.16. The predicted molar refractivity (Wildman–Crippen MR) is 75.0 cm³/mol. The standard InChI is InChI=1S/C12H18N2O2.C2H6/c1-8-9(6-13-7-10(8)16-5)14-11(15)12(2,3)4;1-2/h6-7H,1-5H3,(H,14,15);1-2H3. The molecule has 1 aromatic heterocycles. The second-order valence-corrected chi connectivity index (χ2v) is 4.72. The van der Waals surface area contributed by atoms with Gasteiger partial charge < -0.3 is 10.1 Å². The third-order valence-electron chi connectivity index (χ3n) is 2.32. The molecule has 1 rings (SSSR count). The van der Waals surface area contributed by atoms with Crippen molar-refractivity contribution in [1.82, 2.24) is 4.98 Å². The first-order valence-electron chi connectivity index (χ1n) is 6.16. The van der Waals surface area contributed by atoms with Gasteiger partial charge in [0.2, 0.25) is 5.91 Å². The SMILES string of the molecule is CC.COc1cncc(NC(=O)C(C)(C)C)c1C. The van der Waals surface area contributed by atoms with Crippen LogP contribution in [0.1, 0.15) is 40.2 Å². The molecule has 0 bridgehead atoms. The summed E-state index contributed by atoms with van der Waals surface area (Å²) >= 11 is 0. The lowest BCUT2D eigenvalue weighted by Gasteiger charge is -2.19. The third-order valence-corrected chi connectivity index (χ3v) is 2.32. The highest BCUT2D eigenvalue weighted by molar-refractivity contribution is 5.95. The van der Waals surface area contributed by atoms with Crippen molar-refractivity contribution in [3.8, 4) is 5.75 Å². The van der Waals surface area contributed by atoms with Gasteiger partial charge in [-0.15, -0.1) is 0 Å². The number of rotatable bonds is 2. The molecule has 1 N–H and O–H groups in total. The smallest absolute Gasteiger partial charge is 0.229 e. The van der Waals surface area contributed by atoms with E-state index in [2.05, 4.69) is 10.3 Å². The Hall–Kier alpha value is -1.58. The van der Waals surface area contributed by atoms with E-state index >= 15 is 0 Å². The maximum absolute atomic E-state index is 11.8. The highest BCUT2D eigenvalue weighted by Crippen LogP contribution is 2.25. The fourth-order valence-corrected chi connectivity index (χ4v) is 1.15. The highest BCUT2D eigenvalue weighted by Gasteiger charge is 2.22. The molecule has 0 unspecified atom stereocenters. The second-order valence-electron chi connectivity index (χ2n) is 4.72. The zero-order valence-corrected chi connectivity index (χ0v) is 12.4. The minimum absolute atomic E-state index is 0.0364. The molecule has 0 spiro atoms. The number of anilines is 1. The first kappa shape index (κ1) is 16.4. The van der Waals surface area contributed by atoms with E-state index in [1.54, 1.807) is 19.5 Å². The summed E-state index contributed by atoms with van der Waals surface area (Å²) < 4.78 is 5.14. The van der Waals surface area contributed by atoms with Crippen molar-refractivity contribution in [2.45, 2.75) is 41.5 Å². The average molecular weight is 252 g/mol. The maximum Gasteiger partial charge on any atom is 0.229 e. The molecule has 0 saturated carbocycles. The number of pyridine rings is 1. The molecule has 18 heavy (non-hydrogen) atoms. The van der Waals surface area contributed by atoms with Crippen LogP contribution in [0.4, 0.5) is 5.69 Å². The van der Waals surface area contributed by atoms with Crippen LogP contribution in [0.25, 0.3) is 0 Å². The number of carbonyl (C=O) groups is 1. The summed E-state index contributed by atoms with van der Waals surface area (Å²) in [6, 6.07) is 0.